The normalized spacial score (nSPS) is 18.1. The molecule has 0 radical (unpaired) electrons. The van der Waals surface area contributed by atoms with Gasteiger partial charge in [0.05, 0.1) is 18.8 Å². The number of anilines is 2. The van der Waals surface area contributed by atoms with E-state index in [9.17, 15) is 4.79 Å². The van der Waals surface area contributed by atoms with Crippen LogP contribution in [0.2, 0.25) is 0 Å². The molecule has 136 valence electrons. The summed E-state index contributed by atoms with van der Waals surface area (Å²) in [7, 11) is 0. The first-order valence-electron chi connectivity index (χ1n) is 9.05. The maximum absolute atomic E-state index is 13.1. The molecule has 1 amide bonds. The number of rotatable bonds is 3. The van der Waals surface area contributed by atoms with E-state index in [0.717, 1.165) is 37.7 Å². The molecule has 0 atom stereocenters. The molecule has 7 heteroatoms. The molecule has 2 aromatic rings. The lowest BCUT2D eigenvalue weighted by Gasteiger charge is -2.37. The maximum atomic E-state index is 13.1. The van der Waals surface area contributed by atoms with Crippen LogP contribution in [0.3, 0.4) is 0 Å². The fourth-order valence-electron chi connectivity index (χ4n) is 3.48. The first-order valence-corrected chi connectivity index (χ1v) is 9.05. The first kappa shape index (κ1) is 16.8. The number of aromatic nitrogens is 2. The Kier molecular flexibility index (Phi) is 4.97. The van der Waals surface area contributed by atoms with Crippen molar-refractivity contribution < 1.29 is 9.53 Å². The molecule has 2 aromatic heterocycles. The van der Waals surface area contributed by atoms with E-state index in [2.05, 4.69) is 19.8 Å². The van der Waals surface area contributed by atoms with Crippen LogP contribution in [-0.4, -0.2) is 73.3 Å². The molecular formula is C19H23N5O2. The topological polar surface area (TPSA) is 61.8 Å². The van der Waals surface area contributed by atoms with Crippen molar-refractivity contribution in [2.45, 2.75) is 0 Å². The summed E-state index contributed by atoms with van der Waals surface area (Å²) in [6.45, 7) is 5.95. The van der Waals surface area contributed by atoms with Crippen LogP contribution in [0, 0.1) is 0 Å². The number of carbonyl (C=O) groups is 1. The zero-order chi connectivity index (χ0) is 17.8. The van der Waals surface area contributed by atoms with E-state index < -0.39 is 0 Å². The Morgan fingerprint density at radius 3 is 2.35 bits per heavy atom. The van der Waals surface area contributed by atoms with Gasteiger partial charge >= 0.3 is 0 Å². The number of morpholine rings is 1. The van der Waals surface area contributed by atoms with Gasteiger partial charge in [-0.25, -0.2) is 4.98 Å². The molecule has 2 aliphatic heterocycles. The summed E-state index contributed by atoms with van der Waals surface area (Å²) in [5.41, 5.74) is 1.84. The number of carbonyl (C=O) groups excluding carboxylic acids is 1. The molecule has 2 saturated heterocycles. The number of ether oxygens (including phenoxy) is 1. The Hall–Kier alpha value is -2.67. The highest BCUT2D eigenvalue weighted by atomic mass is 16.5. The third-order valence-corrected chi connectivity index (χ3v) is 4.92. The van der Waals surface area contributed by atoms with Crippen LogP contribution < -0.4 is 9.80 Å². The smallest absolute Gasteiger partial charge is 0.257 e. The fourth-order valence-corrected chi connectivity index (χ4v) is 3.48. The van der Waals surface area contributed by atoms with Crippen LogP contribution in [0.5, 0.6) is 0 Å². The van der Waals surface area contributed by atoms with Crippen molar-refractivity contribution in [1.29, 1.82) is 0 Å². The van der Waals surface area contributed by atoms with Crippen molar-refractivity contribution in [3.05, 3.63) is 48.4 Å². The molecule has 2 fully saturated rings. The van der Waals surface area contributed by atoms with E-state index in [-0.39, 0.29) is 5.91 Å². The van der Waals surface area contributed by atoms with Crippen molar-refractivity contribution in [2.75, 3.05) is 62.3 Å². The molecule has 0 aliphatic carbocycles. The minimum Gasteiger partial charge on any atom is -0.378 e. The predicted molar refractivity (Wildman–Crippen MR) is 99.6 cm³/mol. The van der Waals surface area contributed by atoms with E-state index in [1.165, 1.54) is 0 Å². The van der Waals surface area contributed by atoms with Crippen molar-refractivity contribution in [2.24, 2.45) is 0 Å². The second-order valence-electron chi connectivity index (χ2n) is 6.46. The van der Waals surface area contributed by atoms with Gasteiger partial charge in [-0.2, -0.15) is 0 Å². The number of pyridine rings is 2. The lowest BCUT2D eigenvalue weighted by atomic mass is 10.1. The van der Waals surface area contributed by atoms with Gasteiger partial charge in [-0.3, -0.25) is 9.78 Å². The van der Waals surface area contributed by atoms with Crippen molar-refractivity contribution in [3.8, 4) is 0 Å². The second-order valence-corrected chi connectivity index (χ2v) is 6.46. The molecule has 4 heterocycles. The summed E-state index contributed by atoms with van der Waals surface area (Å²) >= 11 is 0. The van der Waals surface area contributed by atoms with E-state index >= 15 is 0 Å². The van der Waals surface area contributed by atoms with Crippen LogP contribution in [-0.2, 0) is 4.74 Å². The van der Waals surface area contributed by atoms with Crippen molar-refractivity contribution >= 4 is 17.4 Å². The van der Waals surface area contributed by atoms with Gasteiger partial charge in [-0.05, 0) is 24.3 Å². The lowest BCUT2D eigenvalue weighted by molar-refractivity contribution is 0.0745. The van der Waals surface area contributed by atoms with Gasteiger partial charge in [-0.15, -0.1) is 0 Å². The zero-order valence-corrected chi connectivity index (χ0v) is 14.8. The highest BCUT2D eigenvalue weighted by Gasteiger charge is 2.26. The molecule has 0 aromatic carbocycles. The van der Waals surface area contributed by atoms with E-state index in [1.807, 2.05) is 29.2 Å². The number of piperazine rings is 1. The number of amides is 1. The zero-order valence-electron chi connectivity index (χ0n) is 14.8. The highest BCUT2D eigenvalue weighted by molar-refractivity contribution is 5.99. The van der Waals surface area contributed by atoms with E-state index in [4.69, 9.17) is 4.74 Å². The first-order chi connectivity index (χ1) is 12.8. The van der Waals surface area contributed by atoms with Crippen LogP contribution in [0.1, 0.15) is 10.4 Å². The molecule has 0 saturated carbocycles. The standard InChI is InChI=1S/C19H23N5O2/c25-19(17-2-1-5-21-18(17)23-12-14-26-15-13-23)24-10-8-22(9-11-24)16-3-6-20-7-4-16/h1-7H,8-15H2. The predicted octanol–water partition coefficient (Wildman–Crippen LogP) is 1.28. The minimum absolute atomic E-state index is 0.0639. The Morgan fingerprint density at radius 1 is 0.885 bits per heavy atom. The molecule has 4 rings (SSSR count). The van der Waals surface area contributed by atoms with Crippen LogP contribution in [0.4, 0.5) is 11.5 Å². The van der Waals surface area contributed by atoms with Gasteiger partial charge in [-0.1, -0.05) is 0 Å². The highest BCUT2D eigenvalue weighted by Crippen LogP contribution is 2.22. The van der Waals surface area contributed by atoms with Gasteiger partial charge < -0.3 is 19.4 Å². The van der Waals surface area contributed by atoms with Gasteiger partial charge in [0.25, 0.3) is 5.91 Å². The molecule has 0 N–H and O–H groups in total. The van der Waals surface area contributed by atoms with Crippen LogP contribution in [0.25, 0.3) is 0 Å². The van der Waals surface area contributed by atoms with Crippen molar-refractivity contribution in [1.82, 2.24) is 14.9 Å². The maximum Gasteiger partial charge on any atom is 0.257 e. The monoisotopic (exact) mass is 353 g/mol. The molecule has 0 spiro atoms. The van der Waals surface area contributed by atoms with Crippen LogP contribution in [0.15, 0.2) is 42.9 Å². The largest absolute Gasteiger partial charge is 0.378 e. The molecule has 0 bridgehead atoms. The molecule has 0 unspecified atom stereocenters. The van der Waals surface area contributed by atoms with E-state index in [0.29, 0.717) is 31.9 Å². The molecule has 2 aliphatic rings. The Balaban J connectivity index is 1.46. The minimum atomic E-state index is 0.0639. The summed E-state index contributed by atoms with van der Waals surface area (Å²) in [6, 6.07) is 7.74. The Bertz CT molecular complexity index is 741. The summed E-state index contributed by atoms with van der Waals surface area (Å²) in [5.74, 6) is 0.839. The van der Waals surface area contributed by atoms with Gasteiger partial charge in [0.2, 0.25) is 0 Å². The van der Waals surface area contributed by atoms with Crippen molar-refractivity contribution in [3.63, 3.8) is 0 Å². The van der Waals surface area contributed by atoms with Crippen LogP contribution >= 0.6 is 0 Å². The lowest BCUT2D eigenvalue weighted by Crippen LogP contribution is -2.49. The quantitative estimate of drug-likeness (QED) is 0.828. The second kappa shape index (κ2) is 7.70. The van der Waals surface area contributed by atoms with Gasteiger partial charge in [0, 0.05) is 63.5 Å². The third-order valence-electron chi connectivity index (χ3n) is 4.92. The molecular weight excluding hydrogens is 330 g/mol. The molecule has 7 nitrogen and oxygen atoms in total. The number of hydrogen-bond acceptors (Lipinski definition) is 6. The van der Waals surface area contributed by atoms with Gasteiger partial charge in [0.1, 0.15) is 5.82 Å². The Labute approximate surface area is 153 Å². The SMILES string of the molecule is O=C(c1cccnc1N1CCOCC1)N1CCN(c2ccncc2)CC1. The number of nitrogens with zero attached hydrogens (tertiary/aromatic N) is 5. The average Bonchev–Trinajstić information content (AvgIpc) is 2.75. The van der Waals surface area contributed by atoms with E-state index in [1.54, 1.807) is 18.6 Å². The Morgan fingerprint density at radius 2 is 1.62 bits per heavy atom. The summed E-state index contributed by atoms with van der Waals surface area (Å²) in [4.78, 5) is 28.0. The van der Waals surface area contributed by atoms with Gasteiger partial charge in [0.15, 0.2) is 0 Å². The summed E-state index contributed by atoms with van der Waals surface area (Å²) < 4.78 is 5.42. The molecule has 26 heavy (non-hydrogen) atoms. The third kappa shape index (κ3) is 3.48. The summed E-state index contributed by atoms with van der Waals surface area (Å²) in [6.07, 6.45) is 5.36. The fraction of sp³-hybridized carbons (Fsp3) is 0.421. The number of hydrogen-bond donors (Lipinski definition) is 0. The summed E-state index contributed by atoms with van der Waals surface area (Å²) in [5, 5.41) is 0. The average molecular weight is 353 g/mol.